The summed E-state index contributed by atoms with van der Waals surface area (Å²) < 4.78 is 43.5. The van der Waals surface area contributed by atoms with E-state index >= 15 is 0 Å². The molecule has 1 fully saturated rings. The van der Waals surface area contributed by atoms with Crippen LogP contribution in [0.2, 0.25) is 0 Å². The standard InChI is InChI=1S/C25H24F3N5O3/c1-15-3-4-20(31-23(34)33-8-6-19(14-33)25(26,27)28)11-21(15)18-9-17(12-29-13-18)16-5-7-30-22(10-16)32-24(35)36-2/h3-5,7,9-13,19H,6,8,14H2,1-2H3,(H,31,34)(H,30,32,35)/t19-/m0/s1. The lowest BCUT2D eigenvalue weighted by molar-refractivity contribution is -0.169. The highest BCUT2D eigenvalue weighted by atomic mass is 19.4. The van der Waals surface area contributed by atoms with Crippen LogP contribution >= 0.6 is 0 Å². The highest BCUT2D eigenvalue weighted by Gasteiger charge is 2.44. The van der Waals surface area contributed by atoms with Crippen LogP contribution in [0.5, 0.6) is 0 Å². The molecule has 1 aromatic carbocycles. The molecule has 3 amide bonds. The zero-order valence-electron chi connectivity index (χ0n) is 19.6. The van der Waals surface area contributed by atoms with Crippen molar-refractivity contribution >= 4 is 23.6 Å². The Balaban J connectivity index is 1.54. The van der Waals surface area contributed by atoms with Crippen LogP contribution in [-0.2, 0) is 4.74 Å². The molecule has 0 radical (unpaired) electrons. The number of carbonyl (C=O) groups excluding carboxylic acids is 2. The number of anilines is 2. The molecule has 0 aliphatic carbocycles. The fourth-order valence-electron chi connectivity index (χ4n) is 4.00. The lowest BCUT2D eigenvalue weighted by Crippen LogP contribution is -2.35. The van der Waals surface area contributed by atoms with Crippen molar-refractivity contribution in [2.24, 2.45) is 5.92 Å². The number of urea groups is 1. The van der Waals surface area contributed by atoms with E-state index in [1.165, 1.54) is 12.0 Å². The first-order valence-electron chi connectivity index (χ1n) is 11.1. The second kappa shape index (κ2) is 10.2. The summed E-state index contributed by atoms with van der Waals surface area (Å²) in [6.45, 7) is 1.62. The van der Waals surface area contributed by atoms with E-state index in [2.05, 4.69) is 25.3 Å². The van der Waals surface area contributed by atoms with E-state index < -0.39 is 24.2 Å². The molecule has 3 heterocycles. The summed E-state index contributed by atoms with van der Waals surface area (Å²) in [5, 5.41) is 5.23. The molecule has 0 saturated carbocycles. The van der Waals surface area contributed by atoms with E-state index in [0.717, 1.165) is 27.8 Å². The van der Waals surface area contributed by atoms with Crippen LogP contribution in [0, 0.1) is 12.8 Å². The summed E-state index contributed by atoms with van der Waals surface area (Å²) in [5.74, 6) is -1.18. The number of carbonyl (C=O) groups is 2. The van der Waals surface area contributed by atoms with Crippen LogP contribution in [-0.4, -0.2) is 53.4 Å². The largest absolute Gasteiger partial charge is 0.453 e. The number of amides is 3. The molecule has 8 nitrogen and oxygen atoms in total. The lowest BCUT2D eigenvalue weighted by Gasteiger charge is -2.19. The molecule has 2 N–H and O–H groups in total. The summed E-state index contributed by atoms with van der Waals surface area (Å²) in [5.41, 5.74) is 4.51. The summed E-state index contributed by atoms with van der Waals surface area (Å²) in [6, 6.07) is 10.1. The van der Waals surface area contributed by atoms with E-state index in [9.17, 15) is 22.8 Å². The van der Waals surface area contributed by atoms with Crippen molar-refractivity contribution in [1.29, 1.82) is 0 Å². The monoisotopic (exact) mass is 499 g/mol. The van der Waals surface area contributed by atoms with Crippen LogP contribution in [0.1, 0.15) is 12.0 Å². The summed E-state index contributed by atoms with van der Waals surface area (Å²) in [7, 11) is 1.26. The molecule has 36 heavy (non-hydrogen) atoms. The molecule has 11 heteroatoms. The maximum Gasteiger partial charge on any atom is 0.412 e. The van der Waals surface area contributed by atoms with Gasteiger partial charge in [-0.1, -0.05) is 6.07 Å². The van der Waals surface area contributed by atoms with Gasteiger partial charge in [-0.25, -0.2) is 14.6 Å². The number of nitrogens with zero attached hydrogens (tertiary/aromatic N) is 3. The normalized spacial score (nSPS) is 15.5. The highest BCUT2D eigenvalue weighted by Crippen LogP contribution is 2.34. The van der Waals surface area contributed by atoms with Crippen molar-refractivity contribution in [1.82, 2.24) is 14.9 Å². The topological polar surface area (TPSA) is 96.4 Å². The first kappa shape index (κ1) is 25.0. The number of ether oxygens (including phenoxy) is 1. The molecule has 3 aromatic rings. The third kappa shape index (κ3) is 5.73. The number of pyridine rings is 2. The molecule has 188 valence electrons. The SMILES string of the molecule is COC(=O)Nc1cc(-c2cncc(-c3cc(NC(=O)N4CC[C@H](C(F)(F)F)C4)ccc3C)c2)ccn1. The van der Waals surface area contributed by atoms with Crippen LogP contribution in [0.3, 0.4) is 0 Å². The molecule has 4 rings (SSSR count). The number of likely N-dealkylation sites (tertiary alicyclic amines) is 1. The quantitative estimate of drug-likeness (QED) is 0.479. The minimum Gasteiger partial charge on any atom is -0.453 e. The average Bonchev–Trinajstić information content (AvgIpc) is 3.37. The summed E-state index contributed by atoms with van der Waals surface area (Å²) in [6.07, 6.45) is -0.137. The van der Waals surface area contributed by atoms with Gasteiger partial charge in [-0.05, 0) is 60.4 Å². The number of methoxy groups -OCH3 is 1. The Labute approximate surface area is 205 Å². The van der Waals surface area contributed by atoms with Gasteiger partial charge in [-0.2, -0.15) is 13.2 Å². The number of halogens is 3. The van der Waals surface area contributed by atoms with Crippen LogP contribution < -0.4 is 10.6 Å². The van der Waals surface area contributed by atoms with Crippen molar-refractivity contribution in [3.8, 4) is 22.3 Å². The van der Waals surface area contributed by atoms with Crippen LogP contribution in [0.25, 0.3) is 22.3 Å². The van der Waals surface area contributed by atoms with Gasteiger partial charge in [-0.3, -0.25) is 10.3 Å². The van der Waals surface area contributed by atoms with Crippen molar-refractivity contribution in [2.45, 2.75) is 19.5 Å². The molecule has 0 unspecified atom stereocenters. The second-order valence-electron chi connectivity index (χ2n) is 8.44. The van der Waals surface area contributed by atoms with Gasteiger partial charge in [0.25, 0.3) is 0 Å². The Hall–Kier alpha value is -4.15. The van der Waals surface area contributed by atoms with E-state index in [4.69, 9.17) is 0 Å². The van der Waals surface area contributed by atoms with E-state index in [0.29, 0.717) is 11.5 Å². The third-order valence-corrected chi connectivity index (χ3v) is 5.99. The minimum atomic E-state index is -4.31. The fraction of sp³-hybridized carbons (Fsp3) is 0.280. The predicted octanol–water partition coefficient (Wildman–Crippen LogP) is 5.71. The first-order chi connectivity index (χ1) is 17.1. The summed E-state index contributed by atoms with van der Waals surface area (Å²) in [4.78, 5) is 33.7. The van der Waals surface area contributed by atoms with Gasteiger partial charge < -0.3 is 15.0 Å². The van der Waals surface area contributed by atoms with Gasteiger partial charge in [0, 0.05) is 48.5 Å². The Morgan fingerprint density at radius 2 is 1.83 bits per heavy atom. The van der Waals surface area contributed by atoms with E-state index in [-0.39, 0.29) is 19.5 Å². The number of alkyl halides is 3. The fourth-order valence-corrected chi connectivity index (χ4v) is 4.00. The lowest BCUT2D eigenvalue weighted by atomic mass is 9.98. The second-order valence-corrected chi connectivity index (χ2v) is 8.44. The number of rotatable bonds is 4. The highest BCUT2D eigenvalue weighted by molar-refractivity contribution is 5.91. The van der Waals surface area contributed by atoms with Gasteiger partial charge in [0.15, 0.2) is 0 Å². The van der Waals surface area contributed by atoms with Crippen LogP contribution in [0.4, 0.5) is 34.3 Å². The number of nitrogens with one attached hydrogen (secondary N) is 2. The first-order valence-corrected chi connectivity index (χ1v) is 11.1. The van der Waals surface area contributed by atoms with E-state index in [1.807, 2.05) is 19.1 Å². The minimum absolute atomic E-state index is 0.0550. The molecule has 0 bridgehead atoms. The van der Waals surface area contributed by atoms with Gasteiger partial charge >= 0.3 is 18.3 Å². The molecular weight excluding hydrogens is 475 g/mol. The predicted molar refractivity (Wildman–Crippen MR) is 128 cm³/mol. The van der Waals surface area contributed by atoms with Gasteiger partial charge in [0.1, 0.15) is 5.82 Å². The third-order valence-electron chi connectivity index (χ3n) is 5.99. The molecule has 1 atom stereocenters. The van der Waals surface area contributed by atoms with Gasteiger partial charge in [-0.15, -0.1) is 0 Å². The number of hydrogen-bond acceptors (Lipinski definition) is 5. The van der Waals surface area contributed by atoms with Crippen molar-refractivity contribution in [3.63, 3.8) is 0 Å². The Bertz CT molecular complexity index is 1280. The Morgan fingerprint density at radius 3 is 2.56 bits per heavy atom. The number of aryl methyl sites for hydroxylation is 1. The van der Waals surface area contributed by atoms with Crippen molar-refractivity contribution in [3.05, 3.63) is 60.6 Å². The van der Waals surface area contributed by atoms with Crippen LogP contribution in [0.15, 0.2) is 55.0 Å². The average molecular weight is 499 g/mol. The van der Waals surface area contributed by atoms with Crippen molar-refractivity contribution in [2.75, 3.05) is 30.8 Å². The molecular formula is C25H24F3N5O3. The number of benzene rings is 1. The molecule has 1 aliphatic rings. The number of hydrogen-bond donors (Lipinski definition) is 2. The maximum atomic E-state index is 13.0. The smallest absolute Gasteiger partial charge is 0.412 e. The molecule has 0 spiro atoms. The Kier molecular flexibility index (Phi) is 7.09. The zero-order valence-corrected chi connectivity index (χ0v) is 19.6. The summed E-state index contributed by atoms with van der Waals surface area (Å²) >= 11 is 0. The van der Waals surface area contributed by atoms with Crippen molar-refractivity contribution < 1.29 is 27.5 Å². The van der Waals surface area contributed by atoms with Gasteiger partial charge in [0.05, 0.1) is 13.0 Å². The number of aromatic nitrogens is 2. The molecule has 1 aliphatic heterocycles. The maximum absolute atomic E-state index is 13.0. The Morgan fingerprint density at radius 1 is 1.06 bits per heavy atom. The van der Waals surface area contributed by atoms with E-state index in [1.54, 1.807) is 42.9 Å². The zero-order chi connectivity index (χ0) is 25.9. The molecule has 1 saturated heterocycles. The van der Waals surface area contributed by atoms with Gasteiger partial charge in [0.2, 0.25) is 0 Å². The molecule has 2 aromatic heterocycles.